The minimum absolute atomic E-state index is 0.0259. The van der Waals surface area contributed by atoms with E-state index >= 15 is 0 Å². The van der Waals surface area contributed by atoms with Gasteiger partial charge >= 0.3 is 0 Å². The lowest BCUT2D eigenvalue weighted by atomic mass is 10.2. The lowest BCUT2D eigenvalue weighted by Crippen LogP contribution is -2.36. The zero-order chi connectivity index (χ0) is 19.3. The van der Waals surface area contributed by atoms with Gasteiger partial charge in [0.05, 0.1) is 29.4 Å². The molecule has 8 heteroatoms. The van der Waals surface area contributed by atoms with Crippen LogP contribution in [-0.4, -0.2) is 39.1 Å². The van der Waals surface area contributed by atoms with Gasteiger partial charge in [-0.1, -0.05) is 12.8 Å². The molecule has 2 aliphatic rings. The topological polar surface area (TPSA) is 85.2 Å². The van der Waals surface area contributed by atoms with Crippen molar-refractivity contribution in [3.8, 4) is 5.75 Å². The van der Waals surface area contributed by atoms with E-state index in [-0.39, 0.29) is 12.5 Å². The summed E-state index contributed by atoms with van der Waals surface area (Å²) in [4.78, 5) is 26.8. The molecule has 5 rings (SSSR count). The first kappa shape index (κ1) is 17.0. The average Bonchev–Trinajstić information content (AvgIpc) is 3.42. The largest absolute Gasteiger partial charge is 0.480 e. The van der Waals surface area contributed by atoms with Crippen molar-refractivity contribution in [3.05, 3.63) is 30.4 Å². The highest BCUT2D eigenvalue weighted by atomic mass is 16.5. The zero-order valence-electron chi connectivity index (χ0n) is 16.0. The van der Waals surface area contributed by atoms with Crippen LogP contribution in [0.2, 0.25) is 0 Å². The summed E-state index contributed by atoms with van der Waals surface area (Å²) in [5.41, 5.74) is 3.67. The molecule has 0 atom stereocenters. The summed E-state index contributed by atoms with van der Waals surface area (Å²) < 4.78 is 7.73. The Kier molecular flexibility index (Phi) is 3.92. The Bertz CT molecular complexity index is 1070. The van der Waals surface area contributed by atoms with Gasteiger partial charge in [0.25, 0.3) is 5.91 Å². The Balaban J connectivity index is 1.43. The number of nitrogens with zero attached hydrogens (tertiary/aromatic N) is 5. The van der Waals surface area contributed by atoms with Gasteiger partial charge in [0.15, 0.2) is 18.2 Å². The molecule has 0 unspecified atom stereocenters. The van der Waals surface area contributed by atoms with E-state index < -0.39 is 0 Å². The minimum Gasteiger partial charge on any atom is -0.480 e. The molecule has 0 bridgehead atoms. The summed E-state index contributed by atoms with van der Waals surface area (Å²) in [6, 6.07) is 3.87. The Labute approximate surface area is 162 Å². The maximum absolute atomic E-state index is 11.7. The molecule has 0 saturated heterocycles. The fourth-order valence-electron chi connectivity index (χ4n) is 3.55. The number of hydrogen-bond donors (Lipinski definition) is 1. The number of likely N-dealkylation sites (N-methyl/N-ethyl adjacent to an activating group) is 1. The van der Waals surface area contributed by atoms with Crippen molar-refractivity contribution in [1.82, 2.24) is 19.5 Å². The Morgan fingerprint density at radius 3 is 2.96 bits per heavy atom. The first-order valence-electron chi connectivity index (χ1n) is 9.57. The van der Waals surface area contributed by atoms with E-state index in [0.717, 1.165) is 40.7 Å². The highest BCUT2D eigenvalue weighted by Crippen LogP contribution is 2.34. The third-order valence-corrected chi connectivity index (χ3v) is 5.41. The molecule has 8 nitrogen and oxygen atoms in total. The SMILES string of the molecule is Cc1nc(Nc2cnc3c(c2)OCC(=O)N3C)cc2c1ncn2CCC1CC1. The molecule has 3 aromatic rings. The number of nitrogens with one attached hydrogen (secondary N) is 1. The predicted molar refractivity (Wildman–Crippen MR) is 106 cm³/mol. The number of rotatable bonds is 5. The summed E-state index contributed by atoms with van der Waals surface area (Å²) in [7, 11) is 1.70. The van der Waals surface area contributed by atoms with Gasteiger partial charge in [-0.15, -0.1) is 0 Å². The molecule has 4 heterocycles. The van der Waals surface area contributed by atoms with E-state index in [4.69, 9.17) is 4.74 Å². The van der Waals surface area contributed by atoms with Crippen LogP contribution in [0, 0.1) is 12.8 Å². The van der Waals surface area contributed by atoms with Crippen molar-refractivity contribution < 1.29 is 9.53 Å². The van der Waals surface area contributed by atoms with E-state index in [2.05, 4.69) is 24.8 Å². The van der Waals surface area contributed by atoms with E-state index in [9.17, 15) is 4.79 Å². The number of aromatic nitrogens is 4. The van der Waals surface area contributed by atoms with Crippen LogP contribution in [0.3, 0.4) is 0 Å². The maximum Gasteiger partial charge on any atom is 0.265 e. The summed E-state index contributed by atoms with van der Waals surface area (Å²) in [5, 5.41) is 3.31. The minimum atomic E-state index is -0.108. The summed E-state index contributed by atoms with van der Waals surface area (Å²) in [6.07, 6.45) is 7.51. The molecule has 1 aliphatic carbocycles. The monoisotopic (exact) mass is 378 g/mol. The van der Waals surface area contributed by atoms with Crippen LogP contribution in [0.15, 0.2) is 24.7 Å². The van der Waals surface area contributed by atoms with E-state index in [1.807, 2.05) is 25.4 Å². The van der Waals surface area contributed by atoms with Crippen molar-refractivity contribution in [1.29, 1.82) is 0 Å². The van der Waals surface area contributed by atoms with Crippen molar-refractivity contribution in [2.45, 2.75) is 32.7 Å². The number of ether oxygens (including phenoxy) is 1. The van der Waals surface area contributed by atoms with Crippen LogP contribution in [0.4, 0.5) is 17.3 Å². The lowest BCUT2D eigenvalue weighted by Gasteiger charge is -2.24. The molecular formula is C20H22N6O2. The molecule has 1 aliphatic heterocycles. The molecule has 0 aromatic carbocycles. The lowest BCUT2D eigenvalue weighted by molar-refractivity contribution is -0.121. The van der Waals surface area contributed by atoms with E-state index in [1.54, 1.807) is 13.2 Å². The Morgan fingerprint density at radius 2 is 2.14 bits per heavy atom. The zero-order valence-corrected chi connectivity index (χ0v) is 16.0. The second kappa shape index (κ2) is 6.47. The number of aryl methyl sites for hydroxylation is 2. The molecule has 0 radical (unpaired) electrons. The van der Waals surface area contributed by atoms with Gasteiger partial charge in [-0.05, 0) is 19.3 Å². The Morgan fingerprint density at radius 1 is 1.29 bits per heavy atom. The van der Waals surface area contributed by atoms with Gasteiger partial charge in [-0.2, -0.15) is 0 Å². The first-order valence-corrected chi connectivity index (χ1v) is 9.57. The van der Waals surface area contributed by atoms with Crippen LogP contribution in [-0.2, 0) is 11.3 Å². The Hall–Kier alpha value is -3.16. The van der Waals surface area contributed by atoms with Gasteiger partial charge in [-0.3, -0.25) is 9.69 Å². The predicted octanol–water partition coefficient (Wildman–Crippen LogP) is 3.03. The molecule has 144 valence electrons. The van der Waals surface area contributed by atoms with Crippen molar-refractivity contribution in [3.63, 3.8) is 0 Å². The number of carbonyl (C=O) groups is 1. The van der Waals surface area contributed by atoms with Gasteiger partial charge in [0.2, 0.25) is 0 Å². The molecule has 1 saturated carbocycles. The molecule has 0 spiro atoms. The molecule has 3 aromatic heterocycles. The van der Waals surface area contributed by atoms with Crippen LogP contribution in [0.5, 0.6) is 5.75 Å². The highest BCUT2D eigenvalue weighted by Gasteiger charge is 2.24. The molecule has 1 amide bonds. The van der Waals surface area contributed by atoms with E-state index in [1.165, 1.54) is 24.2 Å². The van der Waals surface area contributed by atoms with Crippen LogP contribution < -0.4 is 15.0 Å². The second-order valence-electron chi connectivity index (χ2n) is 7.54. The number of carbonyl (C=O) groups excluding carboxylic acids is 1. The number of pyridine rings is 2. The maximum atomic E-state index is 11.7. The fourth-order valence-corrected chi connectivity index (χ4v) is 3.55. The van der Waals surface area contributed by atoms with Gasteiger partial charge in [0, 0.05) is 25.7 Å². The average molecular weight is 378 g/mol. The third-order valence-electron chi connectivity index (χ3n) is 5.41. The number of anilines is 3. The van der Waals surface area contributed by atoms with Crippen molar-refractivity contribution in [2.24, 2.45) is 5.92 Å². The second-order valence-corrected chi connectivity index (χ2v) is 7.54. The fraction of sp³-hybridized carbons (Fsp3) is 0.400. The summed E-state index contributed by atoms with van der Waals surface area (Å²) >= 11 is 0. The van der Waals surface area contributed by atoms with Crippen molar-refractivity contribution in [2.75, 3.05) is 23.9 Å². The quantitative estimate of drug-likeness (QED) is 0.735. The van der Waals surface area contributed by atoms with E-state index in [0.29, 0.717) is 11.6 Å². The smallest absolute Gasteiger partial charge is 0.265 e. The van der Waals surface area contributed by atoms with Crippen LogP contribution in [0.25, 0.3) is 11.0 Å². The van der Waals surface area contributed by atoms with Crippen molar-refractivity contribution >= 4 is 34.3 Å². The third kappa shape index (κ3) is 3.04. The van der Waals surface area contributed by atoms with Gasteiger partial charge in [-0.25, -0.2) is 15.0 Å². The molecule has 1 fully saturated rings. The normalized spacial score (nSPS) is 16.2. The first-order chi connectivity index (χ1) is 13.6. The van der Waals surface area contributed by atoms with Gasteiger partial charge in [0.1, 0.15) is 11.3 Å². The number of imidazole rings is 1. The molecular weight excluding hydrogens is 356 g/mol. The standard InChI is InChI=1S/C20H22N6O2/c1-12-19-15(26(11-22-19)6-5-13-3-4-13)8-17(23-12)24-14-7-16-20(21-9-14)25(2)18(27)10-28-16/h7-9,11,13H,3-6,10H2,1-2H3,(H,23,24). The molecule has 28 heavy (non-hydrogen) atoms. The van der Waals surface area contributed by atoms with Crippen LogP contribution in [0.1, 0.15) is 25.0 Å². The van der Waals surface area contributed by atoms with Crippen LogP contribution >= 0.6 is 0 Å². The van der Waals surface area contributed by atoms with Gasteiger partial charge < -0.3 is 14.6 Å². The number of fused-ring (bicyclic) bond motifs is 2. The molecule has 1 N–H and O–H groups in total. The highest BCUT2D eigenvalue weighted by molar-refractivity contribution is 5.96. The summed E-state index contributed by atoms with van der Waals surface area (Å²) in [5.74, 6) is 2.62. The number of hydrogen-bond acceptors (Lipinski definition) is 6. The summed E-state index contributed by atoms with van der Waals surface area (Å²) in [6.45, 7) is 2.98. The number of amides is 1.